The number of hydrogen-bond donors (Lipinski definition) is 2. The van der Waals surface area contributed by atoms with Crippen molar-refractivity contribution in [1.29, 1.82) is 0 Å². The first kappa shape index (κ1) is 62.0. The molecule has 0 aromatic rings. The number of ether oxygens (including phenoxy) is 2. The summed E-state index contributed by atoms with van der Waals surface area (Å²) in [5.41, 5.74) is 5.36. The lowest BCUT2D eigenvalue weighted by Gasteiger charge is -2.19. The van der Waals surface area contributed by atoms with Crippen molar-refractivity contribution in [1.82, 2.24) is 0 Å². The fourth-order valence-electron chi connectivity index (χ4n) is 7.57. The first-order chi connectivity index (χ1) is 31.3. The number of phosphoric ester groups is 1. The zero-order valence-corrected chi connectivity index (χ0v) is 42.4. The summed E-state index contributed by atoms with van der Waals surface area (Å²) in [6, 6.07) is 0. The van der Waals surface area contributed by atoms with E-state index in [-0.39, 0.29) is 38.6 Å². The molecule has 0 amide bonds. The first-order valence-corrected chi connectivity index (χ1v) is 28.1. The highest BCUT2D eigenvalue weighted by molar-refractivity contribution is 7.47. The molecule has 9 nitrogen and oxygen atoms in total. The number of unbranched alkanes of at least 4 members (excludes halogenated alkanes) is 29. The molecule has 0 aliphatic heterocycles. The highest BCUT2D eigenvalue weighted by Gasteiger charge is 2.26. The fourth-order valence-corrected chi connectivity index (χ4v) is 8.33. The second-order valence-electron chi connectivity index (χ2n) is 17.7. The molecule has 374 valence electrons. The van der Waals surface area contributed by atoms with Crippen molar-refractivity contribution in [3.05, 3.63) is 48.6 Å². The molecule has 3 N–H and O–H groups in total. The molecule has 0 bridgehead atoms. The van der Waals surface area contributed by atoms with Gasteiger partial charge in [-0.3, -0.25) is 18.6 Å². The molecule has 0 aliphatic carbocycles. The van der Waals surface area contributed by atoms with Gasteiger partial charge in [0.25, 0.3) is 0 Å². The zero-order chi connectivity index (χ0) is 46.7. The quantitative estimate of drug-likeness (QED) is 0.0265. The van der Waals surface area contributed by atoms with Gasteiger partial charge in [-0.2, -0.15) is 0 Å². The van der Waals surface area contributed by atoms with Gasteiger partial charge in [0.15, 0.2) is 6.10 Å². The van der Waals surface area contributed by atoms with Crippen LogP contribution in [0.1, 0.15) is 251 Å². The maximum atomic E-state index is 12.7. The Kier molecular flexibility index (Phi) is 48.8. The monoisotopic (exact) mass is 922 g/mol. The smallest absolute Gasteiger partial charge is 0.462 e. The largest absolute Gasteiger partial charge is 0.472 e. The van der Waals surface area contributed by atoms with E-state index < -0.39 is 26.5 Å². The number of nitrogens with two attached hydrogens (primary N) is 1. The molecule has 0 heterocycles. The van der Waals surface area contributed by atoms with Gasteiger partial charge < -0.3 is 20.1 Å². The van der Waals surface area contributed by atoms with Gasteiger partial charge in [-0.15, -0.1) is 0 Å². The summed E-state index contributed by atoms with van der Waals surface area (Å²) in [5, 5.41) is 0. The molecule has 2 unspecified atom stereocenters. The van der Waals surface area contributed by atoms with Crippen molar-refractivity contribution < 1.29 is 37.6 Å². The minimum absolute atomic E-state index is 0.0550. The van der Waals surface area contributed by atoms with Crippen LogP contribution in [-0.2, 0) is 32.7 Å². The molecule has 10 heteroatoms. The van der Waals surface area contributed by atoms with Crippen LogP contribution in [0.4, 0.5) is 0 Å². The summed E-state index contributed by atoms with van der Waals surface area (Å²) >= 11 is 0. The van der Waals surface area contributed by atoms with Gasteiger partial charge in [0.1, 0.15) is 6.61 Å². The van der Waals surface area contributed by atoms with E-state index in [0.717, 1.165) is 57.8 Å². The minimum atomic E-state index is -4.38. The summed E-state index contributed by atoms with van der Waals surface area (Å²) in [6.07, 6.45) is 60.3. The maximum absolute atomic E-state index is 12.7. The normalized spacial score (nSPS) is 13.5. The van der Waals surface area contributed by atoms with Gasteiger partial charge in [0, 0.05) is 19.4 Å². The second-order valence-corrected chi connectivity index (χ2v) is 19.2. The van der Waals surface area contributed by atoms with E-state index in [0.29, 0.717) is 6.42 Å². The predicted octanol–water partition coefficient (Wildman–Crippen LogP) is 16.2. The lowest BCUT2D eigenvalue weighted by molar-refractivity contribution is -0.161. The Balaban J connectivity index is 3.87. The van der Waals surface area contributed by atoms with E-state index in [2.05, 4.69) is 62.5 Å². The lowest BCUT2D eigenvalue weighted by atomic mass is 10.0. The van der Waals surface area contributed by atoms with Gasteiger partial charge in [-0.05, 0) is 51.4 Å². The van der Waals surface area contributed by atoms with Gasteiger partial charge >= 0.3 is 19.8 Å². The Labute approximate surface area is 394 Å². The standard InChI is InChI=1S/C54H100NO8P/c1-3-5-7-9-11-13-15-17-18-19-20-21-22-23-24-25-26-27-28-29-30-31-32-33-34-35-37-39-41-43-45-47-54(57)63-52(51-62-64(58,59)61-49-48-55)50-60-53(56)46-44-42-40-38-36-16-14-12-10-8-6-4-2/h5,7,11,13,17-18,20-21,52H,3-4,6,8-10,12,14-16,19,22-51,55H2,1-2H3,(H,58,59)/b7-5-,13-11-,18-17-,21-20-. The molecule has 0 saturated carbocycles. The molecule has 0 rings (SSSR count). The number of phosphoric acid groups is 1. The molecule has 0 aromatic carbocycles. The Bertz CT molecular complexity index is 1190. The summed E-state index contributed by atoms with van der Waals surface area (Å²) in [6.45, 7) is 3.65. The summed E-state index contributed by atoms with van der Waals surface area (Å²) in [5.74, 6) is -0.818. The average Bonchev–Trinajstić information content (AvgIpc) is 3.28. The zero-order valence-electron chi connectivity index (χ0n) is 41.5. The van der Waals surface area contributed by atoms with E-state index in [1.54, 1.807) is 0 Å². The van der Waals surface area contributed by atoms with Gasteiger partial charge in [-0.1, -0.05) is 236 Å². The lowest BCUT2D eigenvalue weighted by Crippen LogP contribution is -2.29. The average molecular weight is 922 g/mol. The van der Waals surface area contributed by atoms with Crippen LogP contribution in [-0.4, -0.2) is 49.3 Å². The number of rotatable bonds is 50. The van der Waals surface area contributed by atoms with Crippen LogP contribution in [0.25, 0.3) is 0 Å². The number of carbonyl (C=O) groups excluding carboxylic acids is 2. The van der Waals surface area contributed by atoms with Crippen LogP contribution >= 0.6 is 7.82 Å². The Morgan fingerprint density at radius 1 is 0.484 bits per heavy atom. The van der Waals surface area contributed by atoms with Crippen LogP contribution in [0, 0.1) is 0 Å². The first-order valence-electron chi connectivity index (χ1n) is 26.6. The Hall–Kier alpha value is -2.03. The molecule has 0 saturated heterocycles. The van der Waals surface area contributed by atoms with Crippen molar-refractivity contribution >= 4 is 19.8 Å². The third-order valence-corrected chi connectivity index (χ3v) is 12.5. The highest BCUT2D eigenvalue weighted by Crippen LogP contribution is 2.43. The molecule has 2 atom stereocenters. The minimum Gasteiger partial charge on any atom is -0.462 e. The number of esters is 2. The van der Waals surface area contributed by atoms with Crippen LogP contribution in [0.15, 0.2) is 48.6 Å². The topological polar surface area (TPSA) is 134 Å². The summed E-state index contributed by atoms with van der Waals surface area (Å²) in [4.78, 5) is 35.0. The van der Waals surface area contributed by atoms with Crippen molar-refractivity contribution in [3.8, 4) is 0 Å². The number of allylic oxidation sites excluding steroid dienone is 8. The molecule has 0 aromatic heterocycles. The molecular formula is C54H100NO8P. The third-order valence-electron chi connectivity index (χ3n) is 11.5. The van der Waals surface area contributed by atoms with E-state index in [9.17, 15) is 19.0 Å². The van der Waals surface area contributed by atoms with Crippen molar-refractivity contribution in [2.45, 2.75) is 258 Å². The van der Waals surface area contributed by atoms with E-state index >= 15 is 0 Å². The highest BCUT2D eigenvalue weighted by atomic mass is 31.2. The Morgan fingerprint density at radius 3 is 1.28 bits per heavy atom. The fraction of sp³-hybridized carbons (Fsp3) is 0.815. The van der Waals surface area contributed by atoms with Gasteiger partial charge in [0.2, 0.25) is 0 Å². The summed E-state index contributed by atoms with van der Waals surface area (Å²) in [7, 11) is -4.38. The Morgan fingerprint density at radius 2 is 0.859 bits per heavy atom. The van der Waals surface area contributed by atoms with Crippen LogP contribution in [0.3, 0.4) is 0 Å². The molecule has 0 fully saturated rings. The maximum Gasteiger partial charge on any atom is 0.472 e. The van der Waals surface area contributed by atoms with E-state index in [1.165, 1.54) is 161 Å². The summed E-state index contributed by atoms with van der Waals surface area (Å²) < 4.78 is 32.9. The van der Waals surface area contributed by atoms with Crippen LogP contribution in [0.5, 0.6) is 0 Å². The van der Waals surface area contributed by atoms with Gasteiger partial charge in [0.05, 0.1) is 13.2 Å². The van der Waals surface area contributed by atoms with Crippen molar-refractivity contribution in [2.24, 2.45) is 5.73 Å². The molecule has 64 heavy (non-hydrogen) atoms. The van der Waals surface area contributed by atoms with E-state index in [1.807, 2.05) is 0 Å². The van der Waals surface area contributed by atoms with Crippen molar-refractivity contribution in [2.75, 3.05) is 26.4 Å². The van der Waals surface area contributed by atoms with Crippen molar-refractivity contribution in [3.63, 3.8) is 0 Å². The van der Waals surface area contributed by atoms with Gasteiger partial charge in [-0.25, -0.2) is 4.57 Å². The second kappa shape index (κ2) is 50.4. The predicted molar refractivity (Wildman–Crippen MR) is 270 cm³/mol. The molecule has 0 aliphatic rings. The number of hydrogen-bond acceptors (Lipinski definition) is 8. The van der Waals surface area contributed by atoms with Crippen LogP contribution in [0.2, 0.25) is 0 Å². The number of carbonyl (C=O) groups is 2. The SMILES string of the molecule is CC/C=C\C/C=C\C/C=C\C/C=C\CCCCCCCCCCCCCCCCCCCCC(=O)OC(COC(=O)CCCCCCCCCCCCCC)COP(=O)(O)OCCN. The third kappa shape index (κ3) is 49.4. The molecular weight excluding hydrogens is 822 g/mol. The molecule has 0 spiro atoms. The van der Waals surface area contributed by atoms with Crippen LogP contribution < -0.4 is 5.73 Å². The molecule has 0 radical (unpaired) electrons. The van der Waals surface area contributed by atoms with E-state index in [4.69, 9.17) is 24.3 Å².